The van der Waals surface area contributed by atoms with E-state index in [-0.39, 0.29) is 6.04 Å². The zero-order valence-electron chi connectivity index (χ0n) is 13.7. The maximum atomic E-state index is 5.57. The van der Waals surface area contributed by atoms with Gasteiger partial charge in [0.05, 0.1) is 17.5 Å². The molecule has 3 aromatic heterocycles. The Kier molecular flexibility index (Phi) is 4.44. The van der Waals surface area contributed by atoms with Gasteiger partial charge in [0.25, 0.3) is 0 Å². The average molecular weight is 343 g/mol. The molecule has 0 saturated carbocycles. The molecule has 6 nitrogen and oxygen atoms in total. The van der Waals surface area contributed by atoms with Crippen LogP contribution in [0.25, 0.3) is 10.7 Å². The molecule has 0 unspecified atom stereocenters. The van der Waals surface area contributed by atoms with Crippen molar-refractivity contribution in [1.29, 1.82) is 0 Å². The van der Waals surface area contributed by atoms with E-state index in [4.69, 9.17) is 4.52 Å². The molecule has 0 bridgehead atoms. The summed E-state index contributed by atoms with van der Waals surface area (Å²) in [4.78, 5) is 8.16. The number of aromatic nitrogens is 4. The molecule has 126 valence electrons. The second kappa shape index (κ2) is 6.86. The second-order valence-electron chi connectivity index (χ2n) is 6.23. The second-order valence-corrected chi connectivity index (χ2v) is 7.17. The first kappa shape index (κ1) is 15.5. The Morgan fingerprint density at radius 2 is 2.33 bits per heavy atom. The average Bonchev–Trinajstić information content (AvgIpc) is 3.35. The Balaban J connectivity index is 1.52. The van der Waals surface area contributed by atoms with Crippen molar-refractivity contribution in [2.24, 2.45) is 0 Å². The number of piperidine rings is 1. The molecular weight excluding hydrogens is 322 g/mol. The summed E-state index contributed by atoms with van der Waals surface area (Å²) < 4.78 is 7.58. The Hall–Kier alpha value is -1.99. The molecule has 0 spiro atoms. The van der Waals surface area contributed by atoms with Gasteiger partial charge in [0.15, 0.2) is 0 Å². The van der Waals surface area contributed by atoms with Gasteiger partial charge >= 0.3 is 0 Å². The van der Waals surface area contributed by atoms with Crippen molar-refractivity contribution in [1.82, 2.24) is 24.8 Å². The number of hydrogen-bond acceptors (Lipinski definition) is 6. The molecule has 0 N–H and O–H groups in total. The minimum atomic E-state index is 0.118. The third kappa shape index (κ3) is 3.14. The SMILES string of the molecule is C[C@@H](c1nc(-c2cccs2)no1)N1CCCC[C@@H]1Cn1cccn1. The largest absolute Gasteiger partial charge is 0.337 e. The number of hydrogen-bond donors (Lipinski definition) is 0. The monoisotopic (exact) mass is 343 g/mol. The summed E-state index contributed by atoms with van der Waals surface area (Å²) in [5, 5.41) is 10.5. The zero-order valence-corrected chi connectivity index (χ0v) is 14.5. The van der Waals surface area contributed by atoms with Gasteiger partial charge < -0.3 is 4.52 Å². The van der Waals surface area contributed by atoms with Crippen molar-refractivity contribution in [3.63, 3.8) is 0 Å². The highest BCUT2D eigenvalue weighted by atomic mass is 32.1. The van der Waals surface area contributed by atoms with E-state index in [1.165, 1.54) is 19.3 Å². The van der Waals surface area contributed by atoms with E-state index < -0.39 is 0 Å². The third-order valence-electron chi connectivity index (χ3n) is 4.67. The summed E-state index contributed by atoms with van der Waals surface area (Å²) in [7, 11) is 0. The van der Waals surface area contributed by atoms with E-state index in [9.17, 15) is 0 Å². The Morgan fingerprint density at radius 1 is 1.38 bits per heavy atom. The van der Waals surface area contributed by atoms with Crippen LogP contribution >= 0.6 is 11.3 Å². The number of nitrogens with zero attached hydrogens (tertiary/aromatic N) is 5. The minimum Gasteiger partial charge on any atom is -0.337 e. The molecule has 3 aromatic rings. The molecule has 1 saturated heterocycles. The van der Waals surface area contributed by atoms with Crippen LogP contribution in [0.15, 0.2) is 40.5 Å². The predicted octanol–water partition coefficient (Wildman–Crippen LogP) is 3.61. The fraction of sp³-hybridized carbons (Fsp3) is 0.471. The van der Waals surface area contributed by atoms with E-state index in [2.05, 4.69) is 27.1 Å². The summed E-state index contributed by atoms with van der Waals surface area (Å²) in [5.41, 5.74) is 0. The van der Waals surface area contributed by atoms with Crippen LogP contribution < -0.4 is 0 Å². The molecule has 1 aliphatic heterocycles. The maximum absolute atomic E-state index is 5.57. The van der Waals surface area contributed by atoms with Crippen LogP contribution in [0.2, 0.25) is 0 Å². The highest BCUT2D eigenvalue weighted by Crippen LogP contribution is 2.30. The maximum Gasteiger partial charge on any atom is 0.244 e. The van der Waals surface area contributed by atoms with Crippen molar-refractivity contribution in [2.45, 2.75) is 44.8 Å². The zero-order chi connectivity index (χ0) is 16.4. The topological polar surface area (TPSA) is 60.0 Å². The summed E-state index contributed by atoms with van der Waals surface area (Å²) in [6.45, 7) is 4.13. The minimum absolute atomic E-state index is 0.118. The number of likely N-dealkylation sites (tertiary alicyclic amines) is 1. The fourth-order valence-corrected chi connectivity index (χ4v) is 4.05. The summed E-state index contributed by atoms with van der Waals surface area (Å²) in [6.07, 6.45) is 7.52. The molecular formula is C17H21N5OS. The summed E-state index contributed by atoms with van der Waals surface area (Å²) >= 11 is 1.63. The lowest BCUT2D eigenvalue weighted by atomic mass is 10.00. The van der Waals surface area contributed by atoms with Crippen LogP contribution in [0.5, 0.6) is 0 Å². The molecule has 0 amide bonds. The smallest absolute Gasteiger partial charge is 0.244 e. The van der Waals surface area contributed by atoms with Crippen LogP contribution in [0.1, 0.15) is 38.1 Å². The summed E-state index contributed by atoms with van der Waals surface area (Å²) in [5.74, 6) is 1.39. The molecule has 0 aromatic carbocycles. The van der Waals surface area contributed by atoms with Gasteiger partial charge in [-0.1, -0.05) is 17.6 Å². The van der Waals surface area contributed by atoms with Crippen LogP contribution in [0, 0.1) is 0 Å². The van der Waals surface area contributed by atoms with E-state index in [1.807, 2.05) is 40.7 Å². The number of thiophene rings is 1. The Bertz CT molecular complexity index is 752. The van der Waals surface area contributed by atoms with E-state index in [0.717, 1.165) is 18.0 Å². The molecule has 4 rings (SSSR count). The van der Waals surface area contributed by atoms with Gasteiger partial charge in [0.1, 0.15) is 0 Å². The fourth-order valence-electron chi connectivity index (χ4n) is 3.41. The Morgan fingerprint density at radius 3 is 3.12 bits per heavy atom. The lowest BCUT2D eigenvalue weighted by Crippen LogP contribution is -2.43. The highest BCUT2D eigenvalue weighted by molar-refractivity contribution is 7.13. The molecule has 24 heavy (non-hydrogen) atoms. The van der Waals surface area contributed by atoms with E-state index in [0.29, 0.717) is 17.8 Å². The molecule has 0 aliphatic carbocycles. The third-order valence-corrected chi connectivity index (χ3v) is 5.53. The molecule has 2 atom stereocenters. The van der Waals surface area contributed by atoms with Gasteiger partial charge in [-0.2, -0.15) is 10.1 Å². The van der Waals surface area contributed by atoms with Gasteiger partial charge in [-0.05, 0) is 43.8 Å². The first-order chi connectivity index (χ1) is 11.8. The molecule has 1 fully saturated rings. The van der Waals surface area contributed by atoms with Gasteiger partial charge in [0, 0.05) is 18.4 Å². The molecule has 4 heterocycles. The Labute approximate surface area is 145 Å². The van der Waals surface area contributed by atoms with Crippen molar-refractivity contribution >= 4 is 11.3 Å². The highest BCUT2D eigenvalue weighted by Gasteiger charge is 2.30. The standard InChI is InChI=1S/C17H21N5OS/c1-13(17-19-16(20-23-17)15-7-4-11-24-15)22-10-3-2-6-14(22)12-21-9-5-8-18-21/h4-5,7-9,11,13-14H,2-3,6,10,12H2,1H3/t13-,14+/m0/s1. The lowest BCUT2D eigenvalue weighted by Gasteiger charge is -2.38. The quantitative estimate of drug-likeness (QED) is 0.708. The van der Waals surface area contributed by atoms with Crippen molar-refractivity contribution in [2.75, 3.05) is 6.54 Å². The summed E-state index contributed by atoms with van der Waals surface area (Å²) in [6, 6.07) is 6.56. The van der Waals surface area contributed by atoms with Gasteiger partial charge in [-0.25, -0.2) is 0 Å². The van der Waals surface area contributed by atoms with Crippen molar-refractivity contribution in [3.8, 4) is 10.7 Å². The van der Waals surface area contributed by atoms with Crippen LogP contribution in [0.3, 0.4) is 0 Å². The van der Waals surface area contributed by atoms with Crippen LogP contribution in [-0.2, 0) is 6.54 Å². The predicted molar refractivity (Wildman–Crippen MR) is 92.6 cm³/mol. The lowest BCUT2D eigenvalue weighted by molar-refractivity contribution is 0.0720. The van der Waals surface area contributed by atoms with E-state index >= 15 is 0 Å². The molecule has 1 aliphatic rings. The van der Waals surface area contributed by atoms with Crippen molar-refractivity contribution < 1.29 is 4.52 Å². The van der Waals surface area contributed by atoms with Gasteiger partial charge in [-0.3, -0.25) is 9.58 Å². The first-order valence-electron chi connectivity index (χ1n) is 8.42. The van der Waals surface area contributed by atoms with Crippen LogP contribution in [-0.4, -0.2) is 37.4 Å². The molecule has 7 heteroatoms. The molecule has 0 radical (unpaired) electrons. The van der Waals surface area contributed by atoms with E-state index in [1.54, 1.807) is 11.3 Å². The number of rotatable bonds is 5. The van der Waals surface area contributed by atoms with Gasteiger partial charge in [-0.15, -0.1) is 11.3 Å². The van der Waals surface area contributed by atoms with Crippen molar-refractivity contribution in [3.05, 3.63) is 41.9 Å². The van der Waals surface area contributed by atoms with Crippen LogP contribution in [0.4, 0.5) is 0 Å². The van der Waals surface area contributed by atoms with Gasteiger partial charge in [0.2, 0.25) is 11.7 Å². The normalized spacial score (nSPS) is 20.3. The first-order valence-corrected chi connectivity index (χ1v) is 9.30.